The number of aryl methyl sites for hydroxylation is 1. The molecule has 3 rings (SSSR count). The van der Waals surface area contributed by atoms with E-state index in [1.54, 1.807) is 0 Å². The van der Waals surface area contributed by atoms with Crippen LogP contribution in [0.15, 0.2) is 41.5 Å². The van der Waals surface area contributed by atoms with Crippen LogP contribution in [0.25, 0.3) is 10.4 Å². The maximum atomic E-state index is 13.6. The van der Waals surface area contributed by atoms with Gasteiger partial charge in [0.2, 0.25) is 0 Å². The van der Waals surface area contributed by atoms with Crippen LogP contribution in [-0.4, -0.2) is 30.1 Å². The molecule has 43 heavy (non-hydrogen) atoms. The first-order valence-corrected chi connectivity index (χ1v) is 10.9. The third-order valence-electron chi connectivity index (χ3n) is 5.00. The summed E-state index contributed by atoms with van der Waals surface area (Å²) in [5.41, 5.74) is 15.7. The number of aromatic carboxylic acids is 1. The number of benzene rings is 3. The molecule has 236 valence electrons. The summed E-state index contributed by atoms with van der Waals surface area (Å²) in [5.74, 6) is -9.93. The van der Waals surface area contributed by atoms with Crippen LogP contribution in [-0.2, 0) is 38.2 Å². The normalized spacial score (nSPS) is 9.33. The minimum absolute atomic E-state index is 0. The summed E-state index contributed by atoms with van der Waals surface area (Å²) in [7, 11) is 1.02. The fourth-order valence-electron chi connectivity index (χ4n) is 2.95. The van der Waals surface area contributed by atoms with Crippen molar-refractivity contribution < 1.29 is 71.0 Å². The van der Waals surface area contributed by atoms with Gasteiger partial charge in [-0.15, -0.1) is 0 Å². The summed E-state index contributed by atoms with van der Waals surface area (Å²) in [6, 6.07) is 6.28. The zero-order valence-corrected chi connectivity index (χ0v) is 24.1. The van der Waals surface area contributed by atoms with E-state index in [0.717, 1.165) is 31.4 Å². The van der Waals surface area contributed by atoms with Crippen molar-refractivity contribution in [2.24, 2.45) is 16.6 Å². The van der Waals surface area contributed by atoms with Crippen LogP contribution in [0.4, 0.5) is 26.3 Å². The van der Waals surface area contributed by atoms with Gasteiger partial charge in [-0.3, -0.25) is 4.79 Å². The Kier molecular flexibility index (Phi) is 17.9. The number of esters is 1. The summed E-state index contributed by atoms with van der Waals surface area (Å²) >= 11 is 0. The fourth-order valence-corrected chi connectivity index (χ4v) is 2.95. The van der Waals surface area contributed by atoms with Gasteiger partial charge < -0.3 is 28.7 Å². The zero-order chi connectivity index (χ0) is 31.4. The van der Waals surface area contributed by atoms with Crippen LogP contribution in [0.3, 0.4) is 0 Å². The molecule has 3 aromatic rings. The van der Waals surface area contributed by atoms with Gasteiger partial charge in [0.1, 0.15) is 51.6 Å². The number of carbonyl (C=O) groups is 3. The molecule has 0 aliphatic carbocycles. The van der Waals surface area contributed by atoms with Crippen LogP contribution in [0.2, 0.25) is 0 Å². The van der Waals surface area contributed by atoms with Crippen molar-refractivity contribution in [1.82, 2.24) is 0 Å². The summed E-state index contributed by atoms with van der Waals surface area (Å²) in [5, 5.41) is 11.5. The minimum atomic E-state index is -1.59. The summed E-state index contributed by atoms with van der Waals surface area (Å²) < 4.78 is 82.5. The molecular weight excluding hydrogens is 683 g/mol. The standard InChI is InChI=1S/C9H7F2N3O2.C8H8F2N2O.C8H6F2O2.CH3.Pd/c1-16-9(15)7-6(10)3-2-5(8(7)11)4-13-14-12;9-5-2-1-4(3-11)7(10)6(5)8(12)13;1-4-2-3-5(9)6(7(4)10)8(11)12;;/h2-3H,4H2,1H3;1-2H,3,11H2,(H2,12,13);2-3H,1H3,(H,11,12);1H3;/q;;;-1;. The predicted molar refractivity (Wildman–Crippen MR) is 138 cm³/mol. The number of hydrogen-bond acceptors (Lipinski definition) is 6. The average Bonchev–Trinajstić information content (AvgIpc) is 2.91. The van der Waals surface area contributed by atoms with E-state index in [1.165, 1.54) is 19.1 Å². The Labute approximate surface area is 254 Å². The number of rotatable bonds is 6. The number of amides is 1. The van der Waals surface area contributed by atoms with E-state index in [1.807, 2.05) is 0 Å². The Morgan fingerprint density at radius 2 is 1.33 bits per heavy atom. The van der Waals surface area contributed by atoms with Gasteiger partial charge >= 0.3 is 11.9 Å². The number of halogens is 6. The van der Waals surface area contributed by atoms with Crippen molar-refractivity contribution in [2.45, 2.75) is 20.0 Å². The number of hydrogen-bond donors (Lipinski definition) is 3. The maximum Gasteiger partial charge on any atom is 0.343 e. The van der Waals surface area contributed by atoms with Crippen LogP contribution in [0.1, 0.15) is 47.8 Å². The van der Waals surface area contributed by atoms with Crippen LogP contribution < -0.4 is 11.5 Å². The van der Waals surface area contributed by atoms with Crippen molar-refractivity contribution in [3.05, 3.63) is 123 Å². The Morgan fingerprint density at radius 1 is 0.860 bits per heavy atom. The second-order valence-corrected chi connectivity index (χ2v) is 7.60. The number of carboxylic acids is 1. The number of primary amides is 1. The first-order chi connectivity index (χ1) is 19.2. The van der Waals surface area contributed by atoms with Crippen molar-refractivity contribution in [2.75, 3.05) is 7.11 Å². The van der Waals surface area contributed by atoms with Crippen molar-refractivity contribution in [3.8, 4) is 0 Å². The number of carboxylic acid groups (broad SMARTS) is 1. The topological polar surface area (TPSA) is 181 Å². The van der Waals surface area contributed by atoms with Gasteiger partial charge in [0.25, 0.3) is 5.91 Å². The molecule has 10 nitrogen and oxygen atoms in total. The molecule has 0 aliphatic rings. The largest absolute Gasteiger partial charge is 0.477 e. The number of methoxy groups -OCH3 is 1. The van der Waals surface area contributed by atoms with E-state index in [4.69, 9.17) is 22.1 Å². The van der Waals surface area contributed by atoms with Crippen LogP contribution in [0, 0.1) is 49.3 Å². The molecule has 5 N–H and O–H groups in total. The van der Waals surface area contributed by atoms with Crippen molar-refractivity contribution in [3.63, 3.8) is 0 Å². The summed E-state index contributed by atoms with van der Waals surface area (Å²) in [6.07, 6.45) is 0. The first kappa shape index (κ1) is 40.7. The monoisotopic (exact) mass is 706 g/mol. The first-order valence-electron chi connectivity index (χ1n) is 10.9. The van der Waals surface area contributed by atoms with E-state index in [-0.39, 0.29) is 57.6 Å². The molecule has 0 spiro atoms. The Balaban J connectivity index is 0. The molecule has 0 saturated heterocycles. The molecule has 0 fully saturated rings. The third kappa shape index (κ3) is 10.7. The molecule has 0 aromatic heterocycles. The number of ether oxygens (including phenoxy) is 1. The number of carbonyl (C=O) groups excluding carboxylic acids is 2. The average molecular weight is 707 g/mol. The molecule has 17 heteroatoms. The fraction of sp³-hybridized carbons (Fsp3) is 0.154. The molecule has 0 saturated carbocycles. The number of azide groups is 1. The molecular formula is C26H24F6N5O5Pd-. The third-order valence-corrected chi connectivity index (χ3v) is 5.00. The maximum absolute atomic E-state index is 13.6. The van der Waals surface area contributed by atoms with E-state index in [9.17, 15) is 40.7 Å². The predicted octanol–water partition coefficient (Wildman–Crippen LogP) is 5.50. The second-order valence-electron chi connectivity index (χ2n) is 7.60. The van der Waals surface area contributed by atoms with E-state index < -0.39 is 69.4 Å². The molecule has 0 heterocycles. The van der Waals surface area contributed by atoms with Crippen LogP contribution in [0.5, 0.6) is 0 Å². The second kappa shape index (κ2) is 18.9. The smallest absolute Gasteiger partial charge is 0.343 e. The van der Waals surface area contributed by atoms with Crippen LogP contribution >= 0.6 is 0 Å². The molecule has 3 aromatic carbocycles. The Morgan fingerprint density at radius 3 is 1.77 bits per heavy atom. The number of nitrogens with zero attached hydrogens (tertiary/aromatic N) is 3. The van der Waals surface area contributed by atoms with Gasteiger partial charge in [0, 0.05) is 37.4 Å². The molecule has 1 amide bonds. The summed E-state index contributed by atoms with van der Waals surface area (Å²) in [4.78, 5) is 34.4. The Hall–Kier alpha value is -4.42. The zero-order valence-electron chi connectivity index (χ0n) is 22.5. The van der Waals surface area contributed by atoms with Gasteiger partial charge in [0.15, 0.2) is 0 Å². The van der Waals surface area contributed by atoms with Crippen molar-refractivity contribution in [1.29, 1.82) is 0 Å². The van der Waals surface area contributed by atoms with Gasteiger partial charge in [-0.25, -0.2) is 35.9 Å². The van der Waals surface area contributed by atoms with Gasteiger partial charge in [0.05, 0.1) is 13.7 Å². The van der Waals surface area contributed by atoms with Crippen molar-refractivity contribution >= 4 is 17.8 Å². The van der Waals surface area contributed by atoms with Gasteiger partial charge in [-0.1, -0.05) is 23.3 Å². The quantitative estimate of drug-likeness (QED) is 0.0579. The van der Waals surface area contributed by atoms with E-state index in [0.29, 0.717) is 0 Å². The number of nitrogens with two attached hydrogens (primary N) is 2. The van der Waals surface area contributed by atoms with E-state index in [2.05, 4.69) is 14.8 Å². The molecule has 0 radical (unpaired) electrons. The minimum Gasteiger partial charge on any atom is -0.477 e. The molecule has 0 aliphatic heterocycles. The molecule has 0 unspecified atom stereocenters. The van der Waals surface area contributed by atoms with E-state index >= 15 is 0 Å². The summed E-state index contributed by atoms with van der Waals surface area (Å²) in [6.45, 7) is 0.972. The van der Waals surface area contributed by atoms with Gasteiger partial charge in [-0.2, -0.15) is 0 Å². The molecule has 0 bridgehead atoms. The van der Waals surface area contributed by atoms with Gasteiger partial charge in [-0.05, 0) is 41.8 Å². The molecule has 0 atom stereocenters. The Bertz CT molecular complexity index is 1520. The SMILES string of the molecule is COC(=O)c1c(F)ccc(CN=[N+]=[N-])c1F.Cc1ccc(F)c(C(=O)O)c1F.NCc1ccc(F)c(C(N)=O)c1F.[CH3-].[Pd].